The molecule has 0 heterocycles. The summed E-state index contributed by atoms with van der Waals surface area (Å²) in [4.78, 5) is 11.8. The number of nitrogens with one attached hydrogen (secondary N) is 1. The quantitative estimate of drug-likeness (QED) is 0.694. The third kappa shape index (κ3) is 3.83. The predicted molar refractivity (Wildman–Crippen MR) is 79.5 cm³/mol. The van der Waals surface area contributed by atoms with Gasteiger partial charge in [-0.1, -0.05) is 23.7 Å². The third-order valence-electron chi connectivity index (χ3n) is 2.58. The molecule has 0 aliphatic rings. The molecule has 1 amide bonds. The van der Waals surface area contributed by atoms with Crippen LogP contribution < -0.4 is 10.2 Å². The van der Waals surface area contributed by atoms with Gasteiger partial charge >= 0.3 is 0 Å². The van der Waals surface area contributed by atoms with Crippen LogP contribution in [0.25, 0.3) is 0 Å². The Morgan fingerprint density at radius 1 is 1.25 bits per heavy atom. The van der Waals surface area contributed by atoms with E-state index < -0.39 is 0 Å². The number of benzene rings is 2. The number of ether oxygens (including phenoxy) is 1. The number of hydrazone groups is 1. The molecule has 0 aliphatic heterocycles. The predicted octanol–water partition coefficient (Wildman–Crippen LogP) is 3.11. The topological polar surface area (TPSA) is 50.7 Å². The Kier molecular flexibility index (Phi) is 4.74. The van der Waals surface area contributed by atoms with Crippen LogP contribution in [0.2, 0.25) is 5.02 Å². The molecular formula is C15H13ClN2O2. The Morgan fingerprint density at radius 2 is 2.00 bits per heavy atom. The molecule has 102 valence electrons. The van der Waals surface area contributed by atoms with Crippen LogP contribution in [0.3, 0.4) is 0 Å². The van der Waals surface area contributed by atoms with Gasteiger partial charge < -0.3 is 4.74 Å². The van der Waals surface area contributed by atoms with E-state index in [1.165, 1.54) is 6.21 Å². The molecular weight excluding hydrogens is 276 g/mol. The average molecular weight is 289 g/mol. The lowest BCUT2D eigenvalue weighted by atomic mass is 10.2. The molecule has 4 nitrogen and oxygen atoms in total. The summed E-state index contributed by atoms with van der Waals surface area (Å²) in [5.41, 5.74) is 3.77. The first-order valence-electron chi connectivity index (χ1n) is 5.92. The van der Waals surface area contributed by atoms with Crippen molar-refractivity contribution in [2.45, 2.75) is 0 Å². The molecule has 0 fully saturated rings. The van der Waals surface area contributed by atoms with Gasteiger partial charge in [0.1, 0.15) is 5.75 Å². The molecule has 0 saturated heterocycles. The highest BCUT2D eigenvalue weighted by molar-refractivity contribution is 6.30. The van der Waals surface area contributed by atoms with E-state index in [1.54, 1.807) is 43.5 Å². The van der Waals surface area contributed by atoms with Gasteiger partial charge in [0.15, 0.2) is 0 Å². The smallest absolute Gasteiger partial charge is 0.271 e. The summed E-state index contributed by atoms with van der Waals surface area (Å²) in [6.07, 6.45) is 1.54. The molecule has 0 radical (unpaired) electrons. The SMILES string of the molecule is COc1ccc(C(=O)N/N=C/c2cccc(Cl)c2)cc1. The van der Waals surface area contributed by atoms with Gasteiger partial charge in [-0.15, -0.1) is 0 Å². The summed E-state index contributed by atoms with van der Waals surface area (Å²) in [6.45, 7) is 0. The summed E-state index contributed by atoms with van der Waals surface area (Å²) in [6, 6.07) is 14.0. The molecule has 0 aliphatic carbocycles. The van der Waals surface area contributed by atoms with Gasteiger partial charge in [0.25, 0.3) is 5.91 Å². The maximum absolute atomic E-state index is 11.8. The van der Waals surface area contributed by atoms with Crippen LogP contribution in [-0.4, -0.2) is 19.2 Å². The highest BCUT2D eigenvalue weighted by Crippen LogP contribution is 2.11. The number of hydrogen-bond acceptors (Lipinski definition) is 3. The average Bonchev–Trinajstić information content (AvgIpc) is 2.47. The minimum atomic E-state index is -0.286. The van der Waals surface area contributed by atoms with Crippen LogP contribution in [0.4, 0.5) is 0 Å². The van der Waals surface area contributed by atoms with Crippen LogP contribution in [-0.2, 0) is 0 Å². The molecule has 0 atom stereocenters. The molecule has 2 rings (SSSR count). The van der Waals surface area contributed by atoms with Crippen molar-refractivity contribution in [1.29, 1.82) is 0 Å². The largest absolute Gasteiger partial charge is 0.497 e. The first-order chi connectivity index (χ1) is 9.69. The van der Waals surface area contributed by atoms with Crippen LogP contribution >= 0.6 is 11.6 Å². The maximum Gasteiger partial charge on any atom is 0.271 e. The standard InChI is InChI=1S/C15H13ClN2O2/c1-20-14-7-5-12(6-8-14)15(19)18-17-10-11-3-2-4-13(16)9-11/h2-10H,1H3,(H,18,19)/b17-10+. The number of hydrogen-bond donors (Lipinski definition) is 1. The van der Waals surface area contributed by atoms with Crippen molar-refractivity contribution in [1.82, 2.24) is 5.43 Å². The van der Waals surface area contributed by atoms with Gasteiger partial charge in [0, 0.05) is 10.6 Å². The lowest BCUT2D eigenvalue weighted by Crippen LogP contribution is -2.17. The van der Waals surface area contributed by atoms with Crippen molar-refractivity contribution < 1.29 is 9.53 Å². The summed E-state index contributed by atoms with van der Waals surface area (Å²) < 4.78 is 5.03. The van der Waals surface area contributed by atoms with E-state index in [0.29, 0.717) is 16.3 Å². The van der Waals surface area contributed by atoms with Crippen molar-refractivity contribution in [2.24, 2.45) is 5.10 Å². The Hall–Kier alpha value is -2.33. The van der Waals surface area contributed by atoms with E-state index in [1.807, 2.05) is 12.1 Å². The third-order valence-corrected chi connectivity index (χ3v) is 2.82. The minimum Gasteiger partial charge on any atom is -0.497 e. The van der Waals surface area contributed by atoms with Gasteiger partial charge in [-0.05, 0) is 42.0 Å². The number of carbonyl (C=O) groups excluding carboxylic acids is 1. The second kappa shape index (κ2) is 6.73. The molecule has 2 aromatic rings. The molecule has 0 aromatic heterocycles. The van der Waals surface area contributed by atoms with E-state index in [-0.39, 0.29) is 5.91 Å². The molecule has 1 N–H and O–H groups in total. The molecule has 0 bridgehead atoms. The zero-order valence-electron chi connectivity index (χ0n) is 10.8. The lowest BCUT2D eigenvalue weighted by Gasteiger charge is -2.02. The van der Waals surface area contributed by atoms with Crippen molar-refractivity contribution in [3.05, 3.63) is 64.7 Å². The Bertz CT molecular complexity index is 624. The molecule has 5 heteroatoms. The fourth-order valence-electron chi connectivity index (χ4n) is 1.56. The molecule has 0 saturated carbocycles. The van der Waals surface area contributed by atoms with Crippen LogP contribution in [0.5, 0.6) is 5.75 Å². The summed E-state index contributed by atoms with van der Waals surface area (Å²) in [7, 11) is 1.57. The highest BCUT2D eigenvalue weighted by Gasteiger charge is 2.03. The fourth-order valence-corrected chi connectivity index (χ4v) is 1.76. The number of methoxy groups -OCH3 is 1. The number of rotatable bonds is 4. The zero-order valence-corrected chi connectivity index (χ0v) is 11.6. The maximum atomic E-state index is 11.8. The number of carbonyl (C=O) groups is 1. The van der Waals surface area contributed by atoms with Crippen LogP contribution in [0.1, 0.15) is 15.9 Å². The Balaban J connectivity index is 1.97. The van der Waals surface area contributed by atoms with E-state index >= 15 is 0 Å². The molecule has 0 spiro atoms. The van der Waals surface area contributed by atoms with Gasteiger partial charge in [-0.25, -0.2) is 5.43 Å². The van der Waals surface area contributed by atoms with Crippen molar-refractivity contribution in [3.8, 4) is 5.75 Å². The van der Waals surface area contributed by atoms with E-state index in [0.717, 1.165) is 5.56 Å². The van der Waals surface area contributed by atoms with Gasteiger partial charge in [-0.2, -0.15) is 5.10 Å². The van der Waals surface area contributed by atoms with Gasteiger partial charge in [0.05, 0.1) is 13.3 Å². The normalized spacial score (nSPS) is 10.5. The number of halogens is 1. The zero-order chi connectivity index (χ0) is 14.4. The highest BCUT2D eigenvalue weighted by atomic mass is 35.5. The molecule has 0 unspecified atom stereocenters. The van der Waals surface area contributed by atoms with E-state index in [4.69, 9.17) is 16.3 Å². The monoisotopic (exact) mass is 288 g/mol. The fraction of sp³-hybridized carbons (Fsp3) is 0.0667. The Morgan fingerprint density at radius 3 is 2.65 bits per heavy atom. The molecule has 20 heavy (non-hydrogen) atoms. The van der Waals surface area contributed by atoms with E-state index in [2.05, 4.69) is 10.5 Å². The number of amides is 1. The van der Waals surface area contributed by atoms with Crippen LogP contribution in [0.15, 0.2) is 53.6 Å². The van der Waals surface area contributed by atoms with Crippen molar-refractivity contribution in [3.63, 3.8) is 0 Å². The number of nitrogens with zero attached hydrogens (tertiary/aromatic N) is 1. The first kappa shape index (κ1) is 14.1. The lowest BCUT2D eigenvalue weighted by molar-refractivity contribution is 0.0955. The second-order valence-corrected chi connectivity index (χ2v) is 4.42. The summed E-state index contributed by atoms with van der Waals surface area (Å²) >= 11 is 5.85. The van der Waals surface area contributed by atoms with Gasteiger partial charge in [-0.3, -0.25) is 4.79 Å². The van der Waals surface area contributed by atoms with E-state index in [9.17, 15) is 4.79 Å². The first-order valence-corrected chi connectivity index (χ1v) is 6.30. The van der Waals surface area contributed by atoms with Crippen molar-refractivity contribution in [2.75, 3.05) is 7.11 Å². The summed E-state index contributed by atoms with van der Waals surface area (Å²) in [5.74, 6) is 0.412. The summed E-state index contributed by atoms with van der Waals surface area (Å²) in [5, 5.41) is 4.51. The minimum absolute atomic E-state index is 0.286. The molecule has 2 aromatic carbocycles. The van der Waals surface area contributed by atoms with Gasteiger partial charge in [0.2, 0.25) is 0 Å². The second-order valence-electron chi connectivity index (χ2n) is 3.98. The Labute approximate surface area is 122 Å². The van der Waals surface area contributed by atoms with Crippen molar-refractivity contribution >= 4 is 23.7 Å². The van der Waals surface area contributed by atoms with Crippen LogP contribution in [0, 0.1) is 0 Å².